The molecule has 0 N–H and O–H groups in total. The van der Waals surface area contributed by atoms with Gasteiger partial charge in [0.1, 0.15) is 0 Å². The summed E-state index contributed by atoms with van der Waals surface area (Å²) in [6.07, 6.45) is 0. The van der Waals surface area contributed by atoms with Gasteiger partial charge in [0.15, 0.2) is 11.5 Å². The molecular weight excluding hydrogens is 488 g/mol. The van der Waals surface area contributed by atoms with Crippen molar-refractivity contribution in [2.45, 2.75) is 19.3 Å². The van der Waals surface area contributed by atoms with Crippen LogP contribution in [0.4, 0.5) is 34.1 Å². The first kappa shape index (κ1) is 22.9. The molecule has 0 aliphatic carbocycles. The molecule has 0 bridgehead atoms. The van der Waals surface area contributed by atoms with Gasteiger partial charge < -0.3 is 14.5 Å². The Bertz CT molecular complexity index is 1870. The molecule has 0 saturated carbocycles. The molecule has 2 heterocycles. The lowest BCUT2D eigenvalue weighted by Gasteiger charge is -2.45. The molecule has 0 unspecified atom stereocenters. The lowest BCUT2D eigenvalue weighted by Crippen LogP contribution is -2.32. The van der Waals surface area contributed by atoms with Crippen molar-refractivity contribution >= 4 is 44.9 Å². The largest absolute Gasteiger partial charge is 0.453 e. The van der Waals surface area contributed by atoms with Crippen molar-refractivity contribution in [3.63, 3.8) is 0 Å². The maximum Gasteiger partial charge on any atom is 0.153 e. The van der Waals surface area contributed by atoms with Crippen molar-refractivity contribution in [1.29, 1.82) is 0 Å². The summed E-state index contributed by atoms with van der Waals surface area (Å²) in [5.74, 6) is 1.74. The van der Waals surface area contributed by atoms with Crippen molar-refractivity contribution in [2.24, 2.45) is 0 Å². The van der Waals surface area contributed by atoms with E-state index in [2.05, 4.69) is 157 Å². The second-order valence-electron chi connectivity index (χ2n) is 11.1. The molecule has 0 aromatic heterocycles. The second kappa shape index (κ2) is 8.49. The Morgan fingerprint density at radius 3 is 1.95 bits per heavy atom. The normalized spacial score (nSPS) is 14.1. The number of fused-ring (bicyclic) bond motifs is 6. The third-order valence-corrected chi connectivity index (χ3v) is 8.37. The summed E-state index contributed by atoms with van der Waals surface area (Å²) >= 11 is 0. The van der Waals surface area contributed by atoms with Crippen LogP contribution in [0.2, 0.25) is 0 Å². The first-order valence-electron chi connectivity index (χ1n) is 13.8. The van der Waals surface area contributed by atoms with Gasteiger partial charge in [-0.25, -0.2) is 0 Å². The summed E-state index contributed by atoms with van der Waals surface area (Å²) in [7, 11) is 0. The fourth-order valence-electron chi connectivity index (χ4n) is 6.47. The van der Waals surface area contributed by atoms with Gasteiger partial charge in [-0.15, -0.1) is 0 Å². The molecular formula is C37H28N2O. The maximum atomic E-state index is 6.83. The third-order valence-electron chi connectivity index (χ3n) is 8.37. The van der Waals surface area contributed by atoms with Crippen molar-refractivity contribution < 1.29 is 4.74 Å². The van der Waals surface area contributed by atoms with E-state index in [1.54, 1.807) is 0 Å². The van der Waals surface area contributed by atoms with Crippen LogP contribution in [0.5, 0.6) is 11.5 Å². The Morgan fingerprint density at radius 2 is 1.20 bits per heavy atom. The zero-order chi connectivity index (χ0) is 26.8. The fourth-order valence-corrected chi connectivity index (χ4v) is 6.47. The monoisotopic (exact) mass is 516 g/mol. The summed E-state index contributed by atoms with van der Waals surface area (Å²) in [5.41, 5.74) is 9.02. The van der Waals surface area contributed by atoms with Crippen LogP contribution < -0.4 is 14.5 Å². The zero-order valence-corrected chi connectivity index (χ0v) is 22.5. The highest BCUT2D eigenvalue weighted by atomic mass is 16.5. The van der Waals surface area contributed by atoms with Gasteiger partial charge in [0, 0.05) is 28.2 Å². The Kier molecular flexibility index (Phi) is 4.86. The zero-order valence-electron chi connectivity index (χ0n) is 22.5. The molecule has 0 radical (unpaired) electrons. The van der Waals surface area contributed by atoms with Crippen molar-refractivity contribution in [2.75, 3.05) is 9.80 Å². The number of ether oxygens (including phenoxy) is 1. The van der Waals surface area contributed by atoms with Crippen LogP contribution in [0, 0.1) is 0 Å². The minimum absolute atomic E-state index is 0.238. The Labute approximate surface area is 234 Å². The van der Waals surface area contributed by atoms with Gasteiger partial charge in [0.05, 0.1) is 22.7 Å². The van der Waals surface area contributed by atoms with E-state index in [-0.39, 0.29) is 5.41 Å². The fraction of sp³-hybridized carbons (Fsp3) is 0.0811. The van der Waals surface area contributed by atoms with Gasteiger partial charge >= 0.3 is 0 Å². The summed E-state index contributed by atoms with van der Waals surface area (Å²) in [5, 5.41) is 2.39. The molecule has 3 heteroatoms. The summed E-state index contributed by atoms with van der Waals surface area (Å²) in [6.45, 7) is 4.66. The molecule has 0 spiro atoms. The Balaban J connectivity index is 1.44. The number of benzene rings is 6. The highest BCUT2D eigenvalue weighted by Crippen LogP contribution is 2.62. The van der Waals surface area contributed by atoms with Gasteiger partial charge in [-0.05, 0) is 59.0 Å². The van der Waals surface area contributed by atoms with Crippen LogP contribution in [0.25, 0.3) is 10.8 Å². The van der Waals surface area contributed by atoms with E-state index in [0.717, 1.165) is 39.9 Å². The lowest BCUT2D eigenvalue weighted by atomic mass is 9.73. The third kappa shape index (κ3) is 3.24. The molecule has 8 rings (SSSR count). The van der Waals surface area contributed by atoms with E-state index in [1.165, 1.54) is 27.6 Å². The molecule has 2 aliphatic rings. The minimum Gasteiger partial charge on any atom is -0.453 e. The quantitative estimate of drug-likeness (QED) is 0.232. The smallest absolute Gasteiger partial charge is 0.153 e. The number of hydrogen-bond donors (Lipinski definition) is 0. The molecule has 0 fully saturated rings. The van der Waals surface area contributed by atoms with Crippen LogP contribution in [-0.2, 0) is 5.41 Å². The molecule has 192 valence electrons. The van der Waals surface area contributed by atoms with Crippen molar-refractivity contribution in [3.05, 3.63) is 145 Å². The average molecular weight is 517 g/mol. The van der Waals surface area contributed by atoms with E-state index in [1.807, 2.05) is 0 Å². The summed E-state index contributed by atoms with van der Waals surface area (Å²) < 4.78 is 6.83. The predicted molar refractivity (Wildman–Crippen MR) is 166 cm³/mol. The van der Waals surface area contributed by atoms with E-state index in [0.29, 0.717) is 0 Å². The SMILES string of the molecule is CC1(C)c2ccccc2N2c3c(cc(N(c4ccccc4)c4ccccc4)cc31)Oc1ccc3ccccc3c12. The molecule has 3 nitrogen and oxygen atoms in total. The molecule has 40 heavy (non-hydrogen) atoms. The van der Waals surface area contributed by atoms with Gasteiger partial charge in [0.25, 0.3) is 0 Å². The number of hydrogen-bond acceptors (Lipinski definition) is 3. The van der Waals surface area contributed by atoms with Gasteiger partial charge in [-0.1, -0.05) is 98.8 Å². The molecule has 0 amide bonds. The van der Waals surface area contributed by atoms with E-state index in [4.69, 9.17) is 4.74 Å². The highest BCUT2D eigenvalue weighted by Gasteiger charge is 2.42. The minimum atomic E-state index is -0.238. The van der Waals surface area contributed by atoms with Crippen molar-refractivity contribution in [1.82, 2.24) is 0 Å². The standard InChI is InChI=1S/C37H28N2O/c1-37(2)30-19-11-12-20-32(30)39-35-29-18-10-9-13-25(29)21-22-33(35)40-34-24-28(23-31(37)36(34)39)38(26-14-5-3-6-15-26)27-16-7-4-8-17-27/h3-24H,1-2H3. The lowest BCUT2D eigenvalue weighted by molar-refractivity contribution is 0.472. The number of nitrogens with zero attached hydrogens (tertiary/aromatic N) is 2. The Hall–Kier alpha value is -5.02. The summed E-state index contributed by atoms with van der Waals surface area (Å²) in [6, 6.07) is 47.4. The maximum absolute atomic E-state index is 6.83. The van der Waals surface area contributed by atoms with Gasteiger partial charge in [-0.3, -0.25) is 0 Å². The van der Waals surface area contributed by atoms with Gasteiger partial charge in [0.2, 0.25) is 0 Å². The van der Waals surface area contributed by atoms with Crippen LogP contribution in [0.3, 0.4) is 0 Å². The average Bonchev–Trinajstić information content (AvgIpc) is 3.00. The highest BCUT2D eigenvalue weighted by molar-refractivity contribution is 6.06. The van der Waals surface area contributed by atoms with E-state index >= 15 is 0 Å². The molecule has 6 aromatic carbocycles. The topological polar surface area (TPSA) is 15.7 Å². The molecule has 0 atom stereocenters. The molecule has 6 aromatic rings. The number of anilines is 6. The first-order chi connectivity index (χ1) is 19.6. The van der Waals surface area contributed by atoms with Crippen LogP contribution in [-0.4, -0.2) is 0 Å². The molecule has 2 aliphatic heterocycles. The van der Waals surface area contributed by atoms with Crippen molar-refractivity contribution in [3.8, 4) is 11.5 Å². The Morgan fingerprint density at radius 1 is 0.550 bits per heavy atom. The van der Waals surface area contributed by atoms with Crippen LogP contribution >= 0.6 is 0 Å². The number of para-hydroxylation sites is 3. The van der Waals surface area contributed by atoms with Crippen LogP contribution in [0.15, 0.2) is 133 Å². The van der Waals surface area contributed by atoms with E-state index < -0.39 is 0 Å². The van der Waals surface area contributed by atoms with Crippen LogP contribution in [0.1, 0.15) is 25.0 Å². The first-order valence-corrected chi connectivity index (χ1v) is 13.8. The summed E-state index contributed by atoms with van der Waals surface area (Å²) in [4.78, 5) is 4.75. The number of rotatable bonds is 3. The van der Waals surface area contributed by atoms with E-state index in [9.17, 15) is 0 Å². The second-order valence-corrected chi connectivity index (χ2v) is 11.1. The van der Waals surface area contributed by atoms with Gasteiger partial charge in [-0.2, -0.15) is 0 Å². The predicted octanol–water partition coefficient (Wildman–Crippen LogP) is 10.5. The molecule has 0 saturated heterocycles.